The molecular formula is C26H34ClN7O3. The highest BCUT2D eigenvalue weighted by atomic mass is 35.5. The van der Waals surface area contributed by atoms with E-state index in [4.69, 9.17) is 11.6 Å². The number of nitrogens with zero attached hydrogens (tertiary/aromatic N) is 4. The number of carbonyl (C=O) groups excluding carboxylic acids is 2. The molecule has 10 nitrogen and oxygen atoms in total. The van der Waals surface area contributed by atoms with Crippen LogP contribution in [0.3, 0.4) is 0 Å². The number of benzene rings is 1. The fourth-order valence-corrected chi connectivity index (χ4v) is 5.29. The van der Waals surface area contributed by atoms with Crippen LogP contribution < -0.4 is 10.6 Å². The molecule has 1 aromatic carbocycles. The molecule has 37 heavy (non-hydrogen) atoms. The molecule has 0 aliphatic carbocycles. The number of hydrogen-bond acceptors (Lipinski definition) is 6. The Morgan fingerprint density at radius 1 is 1.32 bits per heavy atom. The third-order valence-corrected chi connectivity index (χ3v) is 7.24. The van der Waals surface area contributed by atoms with Gasteiger partial charge in [0.25, 0.3) is 5.91 Å². The molecular weight excluding hydrogens is 494 g/mol. The van der Waals surface area contributed by atoms with E-state index < -0.39 is 0 Å². The van der Waals surface area contributed by atoms with Crippen molar-refractivity contribution < 1.29 is 14.7 Å². The molecule has 2 atom stereocenters. The van der Waals surface area contributed by atoms with Crippen LogP contribution in [0.4, 0.5) is 5.82 Å². The van der Waals surface area contributed by atoms with Crippen molar-refractivity contribution >= 4 is 40.1 Å². The molecule has 4 rings (SSSR count). The number of halogens is 1. The van der Waals surface area contributed by atoms with Crippen molar-refractivity contribution in [2.75, 3.05) is 25.0 Å². The second kappa shape index (κ2) is 10.2. The van der Waals surface area contributed by atoms with Crippen molar-refractivity contribution in [1.29, 1.82) is 0 Å². The molecule has 2 aromatic heterocycles. The second-order valence-corrected chi connectivity index (χ2v) is 11.0. The van der Waals surface area contributed by atoms with Gasteiger partial charge in [0, 0.05) is 43.1 Å². The lowest BCUT2D eigenvalue weighted by Crippen LogP contribution is -2.42. The van der Waals surface area contributed by atoms with Gasteiger partial charge in [-0.25, -0.2) is 4.98 Å². The summed E-state index contributed by atoms with van der Waals surface area (Å²) in [5, 5.41) is 25.1. The van der Waals surface area contributed by atoms with Gasteiger partial charge in [-0.3, -0.25) is 14.7 Å². The van der Waals surface area contributed by atoms with Gasteiger partial charge < -0.3 is 25.2 Å². The van der Waals surface area contributed by atoms with Crippen LogP contribution in [-0.4, -0.2) is 67.3 Å². The zero-order chi connectivity index (χ0) is 27.1. The number of aryl methyl sites for hydroxylation is 1. The minimum Gasteiger partial charge on any atom is -0.396 e. The number of likely N-dealkylation sites (tertiary alicyclic amines) is 1. The molecule has 2 amide bonds. The van der Waals surface area contributed by atoms with Crippen LogP contribution in [0.5, 0.6) is 0 Å². The standard InChI is InChI=1S/C26H34ClN7O3/c1-7-22(36)34-11-15(13-35)20(12-34)30-25(37)23-14(2)29-21(33(23)6)10-28-24-16-8-17(26(3,4)5)18(27)9-19(16)31-32-24/h7-9,15,20,35H,1,10-13H2,2-6H3,(H,30,37)(H2,28,31,32)/t15-,20-/m0/s1. The number of carbonyl (C=O) groups is 2. The van der Waals surface area contributed by atoms with Crippen molar-refractivity contribution in [2.45, 2.75) is 45.7 Å². The van der Waals surface area contributed by atoms with Gasteiger partial charge in [0.05, 0.1) is 23.8 Å². The molecule has 1 saturated heterocycles. The topological polar surface area (TPSA) is 128 Å². The monoisotopic (exact) mass is 527 g/mol. The Morgan fingerprint density at radius 3 is 2.70 bits per heavy atom. The Balaban J connectivity index is 1.50. The average molecular weight is 528 g/mol. The van der Waals surface area contributed by atoms with Crippen LogP contribution in [0, 0.1) is 12.8 Å². The molecule has 0 spiro atoms. The van der Waals surface area contributed by atoms with Gasteiger partial charge in [-0.05, 0) is 36.1 Å². The number of aromatic nitrogens is 4. The number of H-pyrrole nitrogens is 1. The minimum atomic E-state index is -0.364. The predicted octanol–water partition coefficient (Wildman–Crippen LogP) is 2.90. The van der Waals surface area contributed by atoms with Gasteiger partial charge >= 0.3 is 0 Å². The summed E-state index contributed by atoms with van der Waals surface area (Å²) < 4.78 is 1.75. The molecule has 0 bridgehead atoms. The maximum atomic E-state index is 13.2. The first-order chi connectivity index (χ1) is 17.4. The van der Waals surface area contributed by atoms with Crippen molar-refractivity contribution in [2.24, 2.45) is 13.0 Å². The Morgan fingerprint density at radius 2 is 2.05 bits per heavy atom. The van der Waals surface area contributed by atoms with Crippen molar-refractivity contribution in [3.05, 3.63) is 52.6 Å². The van der Waals surface area contributed by atoms with Crippen LogP contribution in [0.1, 0.15) is 48.3 Å². The lowest BCUT2D eigenvalue weighted by Gasteiger charge is -2.20. The molecule has 0 radical (unpaired) electrons. The number of aromatic amines is 1. The number of imidazole rings is 1. The van der Waals surface area contributed by atoms with Gasteiger partial charge in [0.2, 0.25) is 5.91 Å². The number of hydrogen-bond donors (Lipinski definition) is 4. The summed E-state index contributed by atoms with van der Waals surface area (Å²) in [7, 11) is 1.79. The zero-order valence-corrected chi connectivity index (χ0v) is 22.6. The first kappa shape index (κ1) is 26.7. The van der Waals surface area contributed by atoms with E-state index in [2.05, 4.69) is 53.2 Å². The fraction of sp³-hybridized carbons (Fsp3) is 0.462. The molecule has 1 aliphatic rings. The first-order valence-electron chi connectivity index (χ1n) is 12.2. The molecule has 1 aliphatic heterocycles. The number of anilines is 1. The lowest BCUT2D eigenvalue weighted by atomic mass is 9.86. The molecule has 0 saturated carbocycles. The number of aliphatic hydroxyl groups excluding tert-OH is 1. The van der Waals surface area contributed by atoms with E-state index in [-0.39, 0.29) is 35.8 Å². The highest BCUT2D eigenvalue weighted by Gasteiger charge is 2.36. The molecule has 3 aromatic rings. The SMILES string of the molecule is C=CC(=O)N1C[C@@H](CO)[C@@H](NC(=O)c2c(C)nc(CNc3n[nH]c4cc(Cl)c(C(C)(C)C)cc34)n2C)C1. The molecule has 0 unspecified atom stereocenters. The third-order valence-electron chi connectivity index (χ3n) is 6.93. The summed E-state index contributed by atoms with van der Waals surface area (Å²) in [6.07, 6.45) is 1.24. The van der Waals surface area contributed by atoms with E-state index in [0.29, 0.717) is 47.7 Å². The van der Waals surface area contributed by atoms with Crippen LogP contribution in [0.15, 0.2) is 24.8 Å². The normalized spacial score (nSPS) is 17.9. The van der Waals surface area contributed by atoms with E-state index in [1.54, 1.807) is 23.4 Å². The van der Waals surface area contributed by atoms with E-state index in [9.17, 15) is 14.7 Å². The molecule has 4 N–H and O–H groups in total. The van der Waals surface area contributed by atoms with Gasteiger partial charge in [-0.2, -0.15) is 5.10 Å². The zero-order valence-electron chi connectivity index (χ0n) is 21.9. The summed E-state index contributed by atoms with van der Waals surface area (Å²) in [6.45, 7) is 12.5. The van der Waals surface area contributed by atoms with Crippen LogP contribution >= 0.6 is 11.6 Å². The Bertz CT molecular complexity index is 1350. The molecule has 3 heterocycles. The van der Waals surface area contributed by atoms with Crippen molar-refractivity contribution in [3.63, 3.8) is 0 Å². The molecule has 198 valence electrons. The fourth-order valence-electron chi connectivity index (χ4n) is 4.84. The largest absolute Gasteiger partial charge is 0.396 e. The second-order valence-electron chi connectivity index (χ2n) is 10.5. The van der Waals surface area contributed by atoms with Gasteiger partial charge in [-0.15, -0.1) is 0 Å². The highest BCUT2D eigenvalue weighted by molar-refractivity contribution is 6.32. The predicted molar refractivity (Wildman–Crippen MR) is 144 cm³/mol. The van der Waals surface area contributed by atoms with Gasteiger partial charge in [0.1, 0.15) is 11.5 Å². The molecule has 11 heteroatoms. The number of rotatable bonds is 7. The molecule has 1 fully saturated rings. The van der Waals surface area contributed by atoms with Gasteiger partial charge in [0.15, 0.2) is 5.82 Å². The van der Waals surface area contributed by atoms with Crippen molar-refractivity contribution in [1.82, 2.24) is 30.0 Å². The van der Waals surface area contributed by atoms with E-state index in [1.165, 1.54) is 6.08 Å². The first-order valence-corrected chi connectivity index (χ1v) is 12.6. The van der Waals surface area contributed by atoms with Crippen LogP contribution in [0.25, 0.3) is 10.9 Å². The number of amides is 2. The van der Waals surface area contributed by atoms with Crippen molar-refractivity contribution in [3.8, 4) is 0 Å². The van der Waals surface area contributed by atoms with E-state index in [1.807, 2.05) is 12.1 Å². The maximum Gasteiger partial charge on any atom is 0.270 e. The van der Waals surface area contributed by atoms with Crippen LogP contribution in [0.2, 0.25) is 5.02 Å². The Kier molecular flexibility index (Phi) is 7.34. The summed E-state index contributed by atoms with van der Waals surface area (Å²) in [4.78, 5) is 31.4. The summed E-state index contributed by atoms with van der Waals surface area (Å²) >= 11 is 6.49. The smallest absolute Gasteiger partial charge is 0.270 e. The number of fused-ring (bicyclic) bond motifs is 1. The quantitative estimate of drug-likeness (QED) is 0.350. The maximum absolute atomic E-state index is 13.2. The Hall–Kier alpha value is -3.37. The van der Waals surface area contributed by atoms with Crippen LogP contribution in [-0.2, 0) is 23.8 Å². The van der Waals surface area contributed by atoms with Gasteiger partial charge in [-0.1, -0.05) is 39.0 Å². The summed E-state index contributed by atoms with van der Waals surface area (Å²) in [5.41, 5.74) is 2.75. The lowest BCUT2D eigenvalue weighted by molar-refractivity contribution is -0.125. The minimum absolute atomic E-state index is 0.122. The third kappa shape index (κ3) is 5.21. The summed E-state index contributed by atoms with van der Waals surface area (Å²) in [5.74, 6) is 0.569. The summed E-state index contributed by atoms with van der Waals surface area (Å²) in [6, 6.07) is 3.57. The van der Waals surface area contributed by atoms with E-state index >= 15 is 0 Å². The average Bonchev–Trinajstić information content (AvgIpc) is 3.50. The highest BCUT2D eigenvalue weighted by Crippen LogP contribution is 2.34. The van der Waals surface area contributed by atoms with E-state index in [0.717, 1.165) is 16.5 Å². The Labute approximate surface area is 221 Å². The number of nitrogens with one attached hydrogen (secondary N) is 3. The number of aliphatic hydroxyl groups is 1.